The van der Waals surface area contributed by atoms with Gasteiger partial charge in [-0.1, -0.05) is 37.1 Å². The highest BCUT2D eigenvalue weighted by atomic mass is 16.3. The molecule has 140 valence electrons. The van der Waals surface area contributed by atoms with Crippen LogP contribution in [0, 0.1) is 17.2 Å². The van der Waals surface area contributed by atoms with E-state index in [1.807, 2.05) is 60.7 Å². The largest absolute Gasteiger partial charge is 0.379 e. The fraction of sp³-hybridized carbons (Fsp3) is 0.250. The number of nitriles is 1. The molecule has 2 aromatic carbocycles. The second kappa shape index (κ2) is 7.84. The lowest BCUT2D eigenvalue weighted by Crippen LogP contribution is -2.28. The molecule has 0 bridgehead atoms. The second-order valence-electron chi connectivity index (χ2n) is 7.46. The van der Waals surface area contributed by atoms with Gasteiger partial charge in [-0.05, 0) is 66.8 Å². The SMILES string of the molecule is N#Cc1cccc(Nc2cccc(C(O)(CCC3CC3)c3ccccn3)c2)c1. The van der Waals surface area contributed by atoms with Gasteiger partial charge < -0.3 is 10.4 Å². The number of benzene rings is 2. The number of nitrogens with zero attached hydrogens (tertiary/aromatic N) is 2. The highest BCUT2D eigenvalue weighted by Crippen LogP contribution is 2.41. The highest BCUT2D eigenvalue weighted by Gasteiger charge is 2.35. The van der Waals surface area contributed by atoms with E-state index < -0.39 is 5.60 Å². The van der Waals surface area contributed by atoms with Crippen molar-refractivity contribution in [2.75, 3.05) is 5.32 Å². The zero-order chi connectivity index (χ0) is 19.4. The van der Waals surface area contributed by atoms with Crippen molar-refractivity contribution in [2.45, 2.75) is 31.3 Å². The third-order valence-corrected chi connectivity index (χ3v) is 5.32. The summed E-state index contributed by atoms with van der Waals surface area (Å²) in [5.74, 6) is 0.727. The summed E-state index contributed by atoms with van der Waals surface area (Å²) >= 11 is 0. The van der Waals surface area contributed by atoms with E-state index in [1.54, 1.807) is 12.3 Å². The maximum absolute atomic E-state index is 11.7. The third-order valence-electron chi connectivity index (χ3n) is 5.32. The van der Waals surface area contributed by atoms with E-state index >= 15 is 0 Å². The lowest BCUT2D eigenvalue weighted by Gasteiger charge is -2.29. The van der Waals surface area contributed by atoms with Crippen molar-refractivity contribution in [3.05, 3.63) is 89.7 Å². The molecule has 0 radical (unpaired) electrons. The summed E-state index contributed by atoms with van der Waals surface area (Å²) in [6, 6.07) is 23.0. The molecule has 2 N–H and O–H groups in total. The molecule has 1 fully saturated rings. The molecular formula is C24H23N3O. The van der Waals surface area contributed by atoms with Crippen LogP contribution in [-0.4, -0.2) is 10.1 Å². The van der Waals surface area contributed by atoms with Crippen molar-refractivity contribution in [3.63, 3.8) is 0 Å². The van der Waals surface area contributed by atoms with Gasteiger partial charge in [0, 0.05) is 17.6 Å². The van der Waals surface area contributed by atoms with Crippen LogP contribution < -0.4 is 5.32 Å². The molecule has 0 aliphatic heterocycles. The summed E-state index contributed by atoms with van der Waals surface area (Å²) in [7, 11) is 0. The average molecular weight is 369 g/mol. The normalized spacial score (nSPS) is 15.4. The van der Waals surface area contributed by atoms with Crippen LogP contribution in [0.5, 0.6) is 0 Å². The van der Waals surface area contributed by atoms with Crippen LogP contribution in [0.2, 0.25) is 0 Å². The molecular weight excluding hydrogens is 346 g/mol. The zero-order valence-electron chi connectivity index (χ0n) is 15.7. The molecule has 1 aromatic heterocycles. The van der Waals surface area contributed by atoms with Crippen molar-refractivity contribution >= 4 is 11.4 Å². The topological polar surface area (TPSA) is 68.9 Å². The quantitative estimate of drug-likeness (QED) is 0.606. The van der Waals surface area contributed by atoms with E-state index in [-0.39, 0.29) is 0 Å². The van der Waals surface area contributed by atoms with Crippen LogP contribution in [0.25, 0.3) is 0 Å². The summed E-state index contributed by atoms with van der Waals surface area (Å²) in [4.78, 5) is 4.46. The molecule has 28 heavy (non-hydrogen) atoms. The van der Waals surface area contributed by atoms with Gasteiger partial charge in [0.2, 0.25) is 0 Å². The minimum atomic E-state index is -1.12. The van der Waals surface area contributed by atoms with Gasteiger partial charge in [-0.3, -0.25) is 4.98 Å². The Kier molecular flexibility index (Phi) is 5.10. The number of rotatable bonds is 7. The minimum absolute atomic E-state index is 0.607. The number of aromatic nitrogens is 1. The number of pyridine rings is 1. The van der Waals surface area contributed by atoms with E-state index in [4.69, 9.17) is 5.26 Å². The predicted molar refractivity (Wildman–Crippen MR) is 110 cm³/mol. The van der Waals surface area contributed by atoms with Gasteiger partial charge in [-0.15, -0.1) is 0 Å². The Labute approximate surface area is 165 Å². The van der Waals surface area contributed by atoms with Gasteiger partial charge in [0.25, 0.3) is 0 Å². The Morgan fingerprint density at radius 3 is 2.54 bits per heavy atom. The molecule has 3 aromatic rings. The molecule has 1 aliphatic carbocycles. The molecule has 4 heteroatoms. The molecule has 0 amide bonds. The molecule has 4 rings (SSSR count). The van der Waals surface area contributed by atoms with Crippen LogP contribution in [0.1, 0.15) is 42.5 Å². The maximum atomic E-state index is 11.7. The summed E-state index contributed by atoms with van der Waals surface area (Å²) in [6.07, 6.45) is 5.90. The fourth-order valence-corrected chi connectivity index (χ4v) is 3.53. The molecule has 1 saturated carbocycles. The molecule has 1 unspecified atom stereocenters. The first kappa shape index (κ1) is 18.2. The Bertz CT molecular complexity index is 992. The molecule has 0 saturated heterocycles. The second-order valence-corrected chi connectivity index (χ2v) is 7.46. The van der Waals surface area contributed by atoms with Crippen LogP contribution in [0.15, 0.2) is 72.9 Å². The smallest absolute Gasteiger partial charge is 0.131 e. The first-order valence-corrected chi connectivity index (χ1v) is 9.69. The van der Waals surface area contributed by atoms with Gasteiger partial charge >= 0.3 is 0 Å². The van der Waals surface area contributed by atoms with Crippen molar-refractivity contribution in [1.82, 2.24) is 4.98 Å². The highest BCUT2D eigenvalue weighted by molar-refractivity contribution is 5.62. The van der Waals surface area contributed by atoms with E-state index in [9.17, 15) is 5.11 Å². The first-order valence-electron chi connectivity index (χ1n) is 9.69. The Morgan fingerprint density at radius 2 is 1.82 bits per heavy atom. The van der Waals surface area contributed by atoms with Crippen molar-refractivity contribution in [1.29, 1.82) is 5.26 Å². The monoisotopic (exact) mass is 369 g/mol. The predicted octanol–water partition coefficient (Wildman–Crippen LogP) is 5.12. The Balaban J connectivity index is 1.65. The van der Waals surface area contributed by atoms with E-state index in [0.717, 1.165) is 29.3 Å². The molecule has 1 aliphatic rings. The number of hydrogen-bond donors (Lipinski definition) is 2. The summed E-state index contributed by atoms with van der Waals surface area (Å²) < 4.78 is 0. The van der Waals surface area contributed by atoms with Crippen LogP contribution in [-0.2, 0) is 5.60 Å². The standard InChI is InChI=1S/C24H23N3O/c25-17-19-5-3-7-21(15-19)27-22-8-4-6-20(16-22)24(28,13-12-18-10-11-18)23-9-1-2-14-26-23/h1-9,14-16,18,27-28H,10-13H2. The lowest BCUT2D eigenvalue weighted by atomic mass is 9.84. The van der Waals surface area contributed by atoms with E-state index in [0.29, 0.717) is 17.7 Å². The maximum Gasteiger partial charge on any atom is 0.131 e. The van der Waals surface area contributed by atoms with Crippen molar-refractivity contribution < 1.29 is 5.11 Å². The van der Waals surface area contributed by atoms with Gasteiger partial charge in [0.05, 0.1) is 17.3 Å². The number of nitrogens with one attached hydrogen (secondary N) is 1. The fourth-order valence-electron chi connectivity index (χ4n) is 3.53. The Hall–Kier alpha value is -3.16. The van der Waals surface area contributed by atoms with Gasteiger partial charge in [-0.2, -0.15) is 5.26 Å². The average Bonchev–Trinajstić information content (AvgIpc) is 3.58. The Morgan fingerprint density at radius 1 is 1.04 bits per heavy atom. The number of aliphatic hydroxyl groups is 1. The van der Waals surface area contributed by atoms with Crippen molar-refractivity contribution in [2.24, 2.45) is 5.92 Å². The van der Waals surface area contributed by atoms with Crippen LogP contribution >= 0.6 is 0 Å². The van der Waals surface area contributed by atoms with E-state index in [1.165, 1.54) is 12.8 Å². The minimum Gasteiger partial charge on any atom is -0.379 e. The van der Waals surface area contributed by atoms with Gasteiger partial charge in [0.1, 0.15) is 5.60 Å². The summed E-state index contributed by atoms with van der Waals surface area (Å²) in [6.45, 7) is 0. The summed E-state index contributed by atoms with van der Waals surface area (Å²) in [5.41, 5.74) is 2.71. The molecule has 4 nitrogen and oxygen atoms in total. The summed E-state index contributed by atoms with van der Waals surface area (Å²) in [5, 5.41) is 24.1. The molecule has 0 spiro atoms. The van der Waals surface area contributed by atoms with Gasteiger partial charge in [0.15, 0.2) is 0 Å². The van der Waals surface area contributed by atoms with Crippen molar-refractivity contribution in [3.8, 4) is 6.07 Å². The number of hydrogen-bond acceptors (Lipinski definition) is 4. The third kappa shape index (κ3) is 4.05. The van der Waals surface area contributed by atoms with Crippen LogP contribution in [0.4, 0.5) is 11.4 Å². The molecule has 1 atom stereocenters. The lowest BCUT2D eigenvalue weighted by molar-refractivity contribution is 0.0625. The van der Waals surface area contributed by atoms with Crippen LogP contribution in [0.3, 0.4) is 0 Å². The zero-order valence-corrected chi connectivity index (χ0v) is 15.7. The first-order chi connectivity index (χ1) is 13.7. The van der Waals surface area contributed by atoms with E-state index in [2.05, 4.69) is 16.4 Å². The molecule has 1 heterocycles. The number of anilines is 2. The van der Waals surface area contributed by atoms with Gasteiger partial charge in [-0.25, -0.2) is 0 Å².